The van der Waals surface area contributed by atoms with E-state index in [1.807, 2.05) is 19.9 Å². The van der Waals surface area contributed by atoms with Gasteiger partial charge in [-0.05, 0) is 37.9 Å². The molecule has 1 unspecified atom stereocenters. The van der Waals surface area contributed by atoms with Crippen LogP contribution >= 0.6 is 0 Å². The van der Waals surface area contributed by atoms with Crippen LogP contribution in [0.3, 0.4) is 0 Å². The fourth-order valence-corrected chi connectivity index (χ4v) is 2.08. The zero-order valence-corrected chi connectivity index (χ0v) is 10.4. The zero-order valence-electron chi connectivity index (χ0n) is 10.4. The van der Waals surface area contributed by atoms with Crippen molar-refractivity contribution in [3.8, 4) is 11.4 Å². The monoisotopic (exact) mass is 231 g/mol. The van der Waals surface area contributed by atoms with Gasteiger partial charge in [0.15, 0.2) is 5.82 Å². The second-order valence-corrected chi connectivity index (χ2v) is 4.28. The van der Waals surface area contributed by atoms with E-state index in [1.54, 1.807) is 12.5 Å². The van der Waals surface area contributed by atoms with Crippen LogP contribution < -0.4 is 5.73 Å². The molecule has 2 rings (SSSR count). The largest absolute Gasteiger partial charge is 0.472 e. The predicted molar refractivity (Wildman–Crippen MR) is 66.7 cm³/mol. The van der Waals surface area contributed by atoms with E-state index in [4.69, 9.17) is 10.2 Å². The number of hydrogen-bond donors (Lipinski definition) is 1. The van der Waals surface area contributed by atoms with Crippen molar-refractivity contribution in [1.29, 1.82) is 0 Å². The molecule has 0 saturated carbocycles. The SMILES string of the molecule is Cc1nc(-c2ccoc2)nc(C)c1C(C)CN. The molecule has 0 aliphatic carbocycles. The Labute approximate surface area is 101 Å². The molecule has 0 saturated heterocycles. The number of rotatable bonds is 3. The molecule has 0 amide bonds. The van der Waals surface area contributed by atoms with Gasteiger partial charge in [0.1, 0.15) is 6.26 Å². The third kappa shape index (κ3) is 2.22. The van der Waals surface area contributed by atoms with Gasteiger partial charge in [0.25, 0.3) is 0 Å². The summed E-state index contributed by atoms with van der Waals surface area (Å²) in [6.45, 7) is 6.70. The normalized spacial score (nSPS) is 12.7. The molecule has 1 atom stereocenters. The lowest BCUT2D eigenvalue weighted by atomic mass is 9.98. The van der Waals surface area contributed by atoms with Crippen molar-refractivity contribution in [3.63, 3.8) is 0 Å². The van der Waals surface area contributed by atoms with Crippen LogP contribution in [-0.4, -0.2) is 16.5 Å². The van der Waals surface area contributed by atoms with Gasteiger partial charge in [-0.3, -0.25) is 0 Å². The fourth-order valence-electron chi connectivity index (χ4n) is 2.08. The molecule has 0 fully saturated rings. The summed E-state index contributed by atoms with van der Waals surface area (Å²) in [4.78, 5) is 9.04. The van der Waals surface area contributed by atoms with Gasteiger partial charge >= 0.3 is 0 Å². The molecule has 2 heterocycles. The highest BCUT2D eigenvalue weighted by atomic mass is 16.3. The van der Waals surface area contributed by atoms with Gasteiger partial charge in [0.05, 0.1) is 11.8 Å². The average molecular weight is 231 g/mol. The molecule has 0 aliphatic heterocycles. The first kappa shape index (κ1) is 11.8. The van der Waals surface area contributed by atoms with E-state index in [2.05, 4.69) is 16.9 Å². The van der Waals surface area contributed by atoms with Crippen molar-refractivity contribution in [2.75, 3.05) is 6.54 Å². The molecule has 4 nitrogen and oxygen atoms in total. The van der Waals surface area contributed by atoms with E-state index in [0.717, 1.165) is 22.5 Å². The Morgan fingerprint density at radius 2 is 1.94 bits per heavy atom. The van der Waals surface area contributed by atoms with Crippen LogP contribution in [0.4, 0.5) is 0 Å². The zero-order chi connectivity index (χ0) is 12.4. The Morgan fingerprint density at radius 1 is 1.29 bits per heavy atom. The molecule has 0 spiro atoms. The molecule has 2 aromatic rings. The third-order valence-electron chi connectivity index (χ3n) is 2.95. The van der Waals surface area contributed by atoms with E-state index in [-0.39, 0.29) is 5.92 Å². The van der Waals surface area contributed by atoms with Gasteiger partial charge in [-0.25, -0.2) is 9.97 Å². The molecular weight excluding hydrogens is 214 g/mol. The van der Waals surface area contributed by atoms with Crippen LogP contribution in [0.25, 0.3) is 11.4 Å². The van der Waals surface area contributed by atoms with E-state index >= 15 is 0 Å². The first-order valence-electron chi connectivity index (χ1n) is 5.71. The molecule has 0 aliphatic rings. The van der Waals surface area contributed by atoms with Crippen molar-refractivity contribution >= 4 is 0 Å². The smallest absolute Gasteiger partial charge is 0.162 e. The second-order valence-electron chi connectivity index (χ2n) is 4.28. The van der Waals surface area contributed by atoms with E-state index in [1.165, 1.54) is 0 Å². The maximum absolute atomic E-state index is 5.70. The van der Waals surface area contributed by atoms with Crippen molar-refractivity contribution in [2.45, 2.75) is 26.7 Å². The van der Waals surface area contributed by atoms with Crippen LogP contribution in [0.2, 0.25) is 0 Å². The standard InChI is InChI=1S/C13H17N3O/c1-8(6-14)12-9(2)15-13(16-10(12)3)11-4-5-17-7-11/h4-5,7-8H,6,14H2,1-3H3. The van der Waals surface area contributed by atoms with Gasteiger partial charge in [-0.1, -0.05) is 6.92 Å². The van der Waals surface area contributed by atoms with Crippen LogP contribution in [-0.2, 0) is 0 Å². The van der Waals surface area contributed by atoms with Gasteiger partial charge < -0.3 is 10.2 Å². The summed E-state index contributed by atoms with van der Waals surface area (Å²) in [5.41, 5.74) is 9.75. The number of aryl methyl sites for hydroxylation is 2. The molecule has 0 bridgehead atoms. The molecular formula is C13H17N3O. The third-order valence-corrected chi connectivity index (χ3v) is 2.95. The first-order valence-corrected chi connectivity index (χ1v) is 5.71. The number of aromatic nitrogens is 2. The van der Waals surface area contributed by atoms with Gasteiger partial charge in [-0.2, -0.15) is 0 Å². The summed E-state index contributed by atoms with van der Waals surface area (Å²) in [6.07, 6.45) is 3.28. The minimum atomic E-state index is 0.286. The molecule has 0 aromatic carbocycles. The van der Waals surface area contributed by atoms with Gasteiger partial charge in [-0.15, -0.1) is 0 Å². The topological polar surface area (TPSA) is 64.9 Å². The lowest BCUT2D eigenvalue weighted by molar-refractivity contribution is 0.568. The minimum Gasteiger partial charge on any atom is -0.472 e. The minimum absolute atomic E-state index is 0.286. The second kappa shape index (κ2) is 4.67. The van der Waals surface area contributed by atoms with Gasteiger partial charge in [0, 0.05) is 11.4 Å². The summed E-state index contributed by atoms with van der Waals surface area (Å²) < 4.78 is 5.05. The summed E-state index contributed by atoms with van der Waals surface area (Å²) >= 11 is 0. The highest BCUT2D eigenvalue weighted by Crippen LogP contribution is 2.24. The van der Waals surface area contributed by atoms with E-state index in [9.17, 15) is 0 Å². The van der Waals surface area contributed by atoms with Crippen molar-refractivity contribution in [3.05, 3.63) is 35.5 Å². The fraction of sp³-hybridized carbons (Fsp3) is 0.385. The molecule has 90 valence electrons. The van der Waals surface area contributed by atoms with Crippen LogP contribution in [0.15, 0.2) is 23.0 Å². The molecule has 0 radical (unpaired) electrons. The molecule has 4 heteroatoms. The highest BCUT2D eigenvalue weighted by molar-refractivity contribution is 5.53. The van der Waals surface area contributed by atoms with Crippen LogP contribution in [0, 0.1) is 13.8 Å². The summed E-state index contributed by atoms with van der Waals surface area (Å²) in [5, 5.41) is 0. The maximum atomic E-state index is 5.70. The van der Waals surface area contributed by atoms with E-state index in [0.29, 0.717) is 12.4 Å². The Bertz CT molecular complexity index is 482. The summed E-state index contributed by atoms with van der Waals surface area (Å²) in [5.74, 6) is 0.995. The first-order chi connectivity index (χ1) is 8.13. The number of nitrogens with zero attached hydrogens (tertiary/aromatic N) is 2. The number of nitrogens with two attached hydrogens (primary N) is 1. The Balaban J connectivity index is 2.49. The summed E-state index contributed by atoms with van der Waals surface area (Å²) in [7, 11) is 0. The lowest BCUT2D eigenvalue weighted by Gasteiger charge is -2.15. The summed E-state index contributed by atoms with van der Waals surface area (Å²) in [6, 6.07) is 1.86. The molecule has 2 N–H and O–H groups in total. The highest BCUT2D eigenvalue weighted by Gasteiger charge is 2.14. The van der Waals surface area contributed by atoms with Crippen molar-refractivity contribution < 1.29 is 4.42 Å². The van der Waals surface area contributed by atoms with Crippen molar-refractivity contribution in [1.82, 2.24) is 9.97 Å². The number of furan rings is 1. The Kier molecular flexibility index (Phi) is 3.24. The van der Waals surface area contributed by atoms with Gasteiger partial charge in [0.2, 0.25) is 0 Å². The van der Waals surface area contributed by atoms with Crippen LogP contribution in [0.5, 0.6) is 0 Å². The Morgan fingerprint density at radius 3 is 2.41 bits per heavy atom. The molecule has 2 aromatic heterocycles. The molecule has 17 heavy (non-hydrogen) atoms. The van der Waals surface area contributed by atoms with Crippen molar-refractivity contribution in [2.24, 2.45) is 5.73 Å². The predicted octanol–water partition coefficient (Wildman–Crippen LogP) is 2.42. The van der Waals surface area contributed by atoms with Crippen LogP contribution in [0.1, 0.15) is 29.8 Å². The maximum Gasteiger partial charge on any atom is 0.162 e. The average Bonchev–Trinajstić information content (AvgIpc) is 2.81. The lowest BCUT2D eigenvalue weighted by Crippen LogP contribution is -2.14. The number of hydrogen-bond acceptors (Lipinski definition) is 4. The quantitative estimate of drug-likeness (QED) is 0.881. The van der Waals surface area contributed by atoms with E-state index < -0.39 is 0 Å². The Hall–Kier alpha value is -1.68.